The minimum absolute atomic E-state index is 0.103. The van der Waals surface area contributed by atoms with Gasteiger partial charge in [0.1, 0.15) is 11.4 Å². The molecular weight excluding hydrogens is 309 g/mol. The first-order valence-electron chi connectivity index (χ1n) is 8.10. The fourth-order valence-electron chi connectivity index (χ4n) is 2.84. The number of carbonyl (C=O) groups excluding carboxylic acids is 1. The van der Waals surface area contributed by atoms with Crippen molar-refractivity contribution in [2.75, 3.05) is 18.4 Å². The Morgan fingerprint density at radius 1 is 1.42 bits per heavy atom. The molecule has 1 saturated heterocycles. The number of nitrogens with zero attached hydrogens (tertiary/aromatic N) is 2. The molecular formula is C18H22FN3O2. The Balaban J connectivity index is 1.70. The zero-order chi connectivity index (χ0) is 17.3. The summed E-state index contributed by atoms with van der Waals surface area (Å²) >= 11 is 0. The number of hydrogen-bond acceptors (Lipinski definition) is 4. The van der Waals surface area contributed by atoms with Gasteiger partial charge in [-0.05, 0) is 45.4 Å². The molecule has 0 spiro atoms. The summed E-state index contributed by atoms with van der Waals surface area (Å²) < 4.78 is 18.9. The maximum absolute atomic E-state index is 13.5. The molecule has 1 atom stereocenters. The van der Waals surface area contributed by atoms with Crippen LogP contribution in [0, 0.1) is 5.82 Å². The summed E-state index contributed by atoms with van der Waals surface area (Å²) in [6, 6.07) is 7.22. The monoisotopic (exact) mass is 331 g/mol. The van der Waals surface area contributed by atoms with E-state index in [2.05, 4.69) is 10.3 Å². The number of benzene rings is 1. The zero-order valence-corrected chi connectivity index (χ0v) is 14.2. The van der Waals surface area contributed by atoms with Crippen LogP contribution in [0.2, 0.25) is 0 Å². The third-order valence-electron chi connectivity index (χ3n) is 3.89. The van der Waals surface area contributed by atoms with E-state index in [1.54, 1.807) is 4.90 Å². The van der Waals surface area contributed by atoms with Gasteiger partial charge in [-0.15, -0.1) is 0 Å². The van der Waals surface area contributed by atoms with Crippen LogP contribution < -0.4 is 5.32 Å². The minimum atomic E-state index is -0.499. The molecule has 6 heteroatoms. The Morgan fingerprint density at radius 2 is 2.21 bits per heavy atom. The summed E-state index contributed by atoms with van der Waals surface area (Å²) in [4.78, 5) is 17.9. The number of amides is 1. The van der Waals surface area contributed by atoms with Crippen molar-refractivity contribution < 1.29 is 13.9 Å². The number of anilines is 1. The van der Waals surface area contributed by atoms with E-state index in [9.17, 15) is 9.18 Å². The number of halogens is 1. The smallest absolute Gasteiger partial charge is 0.410 e. The van der Waals surface area contributed by atoms with Gasteiger partial charge in [-0.2, -0.15) is 0 Å². The van der Waals surface area contributed by atoms with Crippen LogP contribution in [-0.2, 0) is 4.74 Å². The molecule has 1 amide bonds. The largest absolute Gasteiger partial charge is 0.444 e. The number of aromatic nitrogens is 1. The van der Waals surface area contributed by atoms with Crippen molar-refractivity contribution in [3.05, 3.63) is 36.3 Å². The summed E-state index contributed by atoms with van der Waals surface area (Å²) in [5.41, 5.74) is 1.07. The predicted molar refractivity (Wildman–Crippen MR) is 91.5 cm³/mol. The average Bonchev–Trinajstić information content (AvgIpc) is 2.95. The molecule has 1 aliphatic heterocycles. The van der Waals surface area contributed by atoms with Crippen molar-refractivity contribution >= 4 is 22.7 Å². The highest BCUT2D eigenvalue weighted by atomic mass is 19.1. The maximum Gasteiger partial charge on any atom is 0.410 e. The lowest BCUT2D eigenvalue weighted by molar-refractivity contribution is 0.0293. The highest BCUT2D eigenvalue weighted by molar-refractivity contribution is 5.91. The Kier molecular flexibility index (Phi) is 4.30. The normalized spacial score (nSPS) is 18.0. The van der Waals surface area contributed by atoms with Crippen LogP contribution in [0.25, 0.3) is 10.9 Å². The summed E-state index contributed by atoms with van der Waals surface area (Å²) in [5.74, 6) is -0.362. The Morgan fingerprint density at radius 3 is 2.96 bits per heavy atom. The third-order valence-corrected chi connectivity index (χ3v) is 3.89. The summed E-state index contributed by atoms with van der Waals surface area (Å²) in [5, 5.41) is 4.15. The first-order valence-corrected chi connectivity index (χ1v) is 8.10. The van der Waals surface area contributed by atoms with E-state index in [4.69, 9.17) is 4.74 Å². The molecule has 1 aromatic heterocycles. The van der Waals surface area contributed by atoms with Crippen LogP contribution in [0.4, 0.5) is 14.9 Å². The SMILES string of the molecule is CC(C)(C)OC(=O)N1CCC(Nc2cccc3ncc(F)cc23)C1. The van der Waals surface area contributed by atoms with Crippen LogP contribution in [-0.4, -0.2) is 40.7 Å². The van der Waals surface area contributed by atoms with E-state index in [-0.39, 0.29) is 18.0 Å². The predicted octanol–water partition coefficient (Wildman–Crippen LogP) is 3.80. The fourth-order valence-corrected chi connectivity index (χ4v) is 2.84. The lowest BCUT2D eigenvalue weighted by Crippen LogP contribution is -2.36. The first kappa shape index (κ1) is 16.5. The van der Waals surface area contributed by atoms with Crippen molar-refractivity contribution in [2.45, 2.75) is 38.8 Å². The Labute approximate surface area is 140 Å². The van der Waals surface area contributed by atoms with Gasteiger partial charge in [-0.25, -0.2) is 9.18 Å². The van der Waals surface area contributed by atoms with Gasteiger partial charge in [0.15, 0.2) is 0 Å². The molecule has 0 radical (unpaired) electrons. The standard InChI is InChI=1S/C18H22FN3O2/c1-18(2,3)24-17(23)22-8-7-13(11-22)21-16-6-4-5-15-14(16)9-12(19)10-20-15/h4-6,9-10,13,21H,7-8,11H2,1-3H3. The lowest BCUT2D eigenvalue weighted by atomic mass is 10.1. The van der Waals surface area contributed by atoms with Crippen molar-refractivity contribution in [3.8, 4) is 0 Å². The fraction of sp³-hybridized carbons (Fsp3) is 0.444. The van der Waals surface area contributed by atoms with E-state index in [0.29, 0.717) is 13.1 Å². The van der Waals surface area contributed by atoms with Crippen LogP contribution in [0.5, 0.6) is 0 Å². The number of carbonyl (C=O) groups is 1. The highest BCUT2D eigenvalue weighted by Gasteiger charge is 2.29. The molecule has 0 bridgehead atoms. The molecule has 3 rings (SSSR count). The van der Waals surface area contributed by atoms with Gasteiger partial charge in [-0.3, -0.25) is 4.98 Å². The Hall–Kier alpha value is -2.37. The van der Waals surface area contributed by atoms with Crippen molar-refractivity contribution in [1.82, 2.24) is 9.88 Å². The van der Waals surface area contributed by atoms with Crippen LogP contribution in [0.15, 0.2) is 30.5 Å². The van der Waals surface area contributed by atoms with Crippen LogP contribution in [0.1, 0.15) is 27.2 Å². The molecule has 1 aromatic carbocycles. The topological polar surface area (TPSA) is 54.5 Å². The molecule has 0 aliphatic carbocycles. The maximum atomic E-state index is 13.5. The number of ether oxygens (including phenoxy) is 1. The summed E-state index contributed by atoms with van der Waals surface area (Å²) in [6.45, 7) is 6.77. The van der Waals surface area contributed by atoms with Gasteiger partial charge in [0, 0.05) is 30.2 Å². The van der Waals surface area contributed by atoms with Gasteiger partial charge in [0.05, 0.1) is 11.7 Å². The molecule has 1 unspecified atom stereocenters. The van der Waals surface area contributed by atoms with E-state index in [1.165, 1.54) is 12.3 Å². The van der Waals surface area contributed by atoms with Gasteiger partial charge in [-0.1, -0.05) is 6.07 Å². The van der Waals surface area contributed by atoms with Crippen molar-refractivity contribution in [1.29, 1.82) is 0 Å². The van der Waals surface area contributed by atoms with Crippen molar-refractivity contribution in [3.63, 3.8) is 0 Å². The molecule has 1 aliphatic rings. The van der Waals surface area contributed by atoms with Crippen LogP contribution in [0.3, 0.4) is 0 Å². The number of rotatable bonds is 2. The van der Waals surface area contributed by atoms with Gasteiger partial charge in [0.25, 0.3) is 0 Å². The average molecular weight is 331 g/mol. The van der Waals surface area contributed by atoms with Crippen molar-refractivity contribution in [2.24, 2.45) is 0 Å². The second kappa shape index (κ2) is 6.26. The number of fused-ring (bicyclic) bond motifs is 1. The molecule has 1 N–H and O–H groups in total. The van der Waals surface area contributed by atoms with E-state index in [1.807, 2.05) is 39.0 Å². The van der Waals surface area contributed by atoms with Gasteiger partial charge >= 0.3 is 6.09 Å². The quantitative estimate of drug-likeness (QED) is 0.909. The molecule has 2 heterocycles. The number of likely N-dealkylation sites (tertiary alicyclic amines) is 1. The lowest BCUT2D eigenvalue weighted by Gasteiger charge is -2.24. The second-order valence-corrected chi connectivity index (χ2v) is 7.08. The molecule has 1 fully saturated rings. The zero-order valence-electron chi connectivity index (χ0n) is 14.2. The summed E-state index contributed by atoms with van der Waals surface area (Å²) in [6.07, 6.45) is 1.74. The number of hydrogen-bond donors (Lipinski definition) is 1. The van der Waals surface area contributed by atoms with Crippen LogP contribution >= 0.6 is 0 Å². The molecule has 5 nitrogen and oxygen atoms in total. The van der Waals surface area contributed by atoms with Gasteiger partial charge < -0.3 is 15.0 Å². The van der Waals surface area contributed by atoms with E-state index < -0.39 is 5.60 Å². The molecule has 0 saturated carbocycles. The second-order valence-electron chi connectivity index (χ2n) is 7.08. The minimum Gasteiger partial charge on any atom is -0.444 e. The Bertz CT molecular complexity index is 758. The van der Waals surface area contributed by atoms with E-state index in [0.717, 1.165) is 23.0 Å². The molecule has 128 valence electrons. The molecule has 2 aromatic rings. The molecule has 24 heavy (non-hydrogen) atoms. The number of nitrogens with one attached hydrogen (secondary N) is 1. The highest BCUT2D eigenvalue weighted by Crippen LogP contribution is 2.25. The number of pyridine rings is 1. The van der Waals surface area contributed by atoms with Gasteiger partial charge in [0.2, 0.25) is 0 Å². The first-order chi connectivity index (χ1) is 11.3. The third kappa shape index (κ3) is 3.75. The summed E-state index contributed by atoms with van der Waals surface area (Å²) in [7, 11) is 0. The van der Waals surface area contributed by atoms with E-state index >= 15 is 0 Å².